The molecule has 0 bridgehead atoms. The van der Waals surface area contributed by atoms with Crippen LogP contribution >= 0.6 is 34.7 Å². The van der Waals surface area contributed by atoms with E-state index in [0.717, 1.165) is 47.9 Å². The molecule has 6 N–H and O–H groups in total. The average molecular weight is 1050 g/mol. The summed E-state index contributed by atoms with van der Waals surface area (Å²) in [6, 6.07) is 8.89. The highest BCUT2D eigenvalue weighted by Crippen LogP contribution is 2.41. The highest BCUT2D eigenvalue weighted by Gasteiger charge is 2.53. The van der Waals surface area contributed by atoms with Gasteiger partial charge in [0.05, 0.1) is 51.9 Å². The van der Waals surface area contributed by atoms with Gasteiger partial charge in [0, 0.05) is 61.7 Å². The zero-order valence-electron chi connectivity index (χ0n) is 41.3. The summed E-state index contributed by atoms with van der Waals surface area (Å²) in [6.07, 6.45) is 5.35. The molecule has 0 spiro atoms. The van der Waals surface area contributed by atoms with Crippen molar-refractivity contribution in [1.82, 2.24) is 35.4 Å². The molecule has 72 heavy (non-hydrogen) atoms. The van der Waals surface area contributed by atoms with Gasteiger partial charge in [-0.3, -0.25) is 24.0 Å². The number of benzene rings is 2. The van der Waals surface area contributed by atoms with Crippen LogP contribution in [0.3, 0.4) is 0 Å². The Morgan fingerprint density at radius 2 is 1.76 bits per heavy atom. The second kappa shape index (κ2) is 22.0. The maximum Gasteiger partial charge on any atom is 0.258 e. The first kappa shape index (κ1) is 52.9. The minimum atomic E-state index is -1.99. The van der Waals surface area contributed by atoms with Crippen molar-refractivity contribution in [1.29, 1.82) is 0 Å². The summed E-state index contributed by atoms with van der Waals surface area (Å²) in [7, 11) is 0. The molecule has 17 nitrogen and oxygen atoms in total. The number of piperidine rings is 2. The van der Waals surface area contributed by atoms with Crippen molar-refractivity contribution in [2.45, 2.75) is 132 Å². The lowest BCUT2D eigenvalue weighted by Crippen LogP contribution is -2.59. The smallest absolute Gasteiger partial charge is 0.258 e. The number of hydrogen-bond donors (Lipinski definition) is 5. The van der Waals surface area contributed by atoms with Crippen LogP contribution in [0, 0.1) is 18.3 Å². The molecule has 5 amide bonds. The van der Waals surface area contributed by atoms with Crippen LogP contribution in [0.15, 0.2) is 64.2 Å². The van der Waals surface area contributed by atoms with E-state index in [2.05, 4.69) is 42.7 Å². The molecule has 21 heteroatoms. The van der Waals surface area contributed by atoms with Gasteiger partial charge in [-0.25, -0.2) is 19.3 Å². The molecule has 2 unspecified atom stereocenters. The molecule has 1 aliphatic carbocycles. The molecular formula is C51H64ClFN10O7S2. The van der Waals surface area contributed by atoms with Crippen LogP contribution in [0.25, 0.3) is 10.4 Å². The Bertz CT molecular complexity index is 2650. The van der Waals surface area contributed by atoms with Crippen LogP contribution in [-0.4, -0.2) is 128 Å². The third-order valence-corrected chi connectivity index (χ3v) is 16.4. The molecule has 386 valence electrons. The lowest BCUT2D eigenvalue weighted by Gasteiger charge is -2.37. The van der Waals surface area contributed by atoms with Crippen LogP contribution < -0.4 is 31.3 Å². The predicted octanol–water partition coefficient (Wildman–Crippen LogP) is 6.29. The SMILES string of the molecule is Cc1ncsc1-c1ccc(CNC(=O)C2CC(O)CN2C(=O)[C@@H](NC(=O)C2(F)CC2)C(C)(C)C)c(OCC2CCN(C(=O)CC(=O)Nc3cccc(Sc4cnc(N5CCC(C)(N)CC5)cn4)c3Cl)CC2)c1. The number of aryl methyl sites for hydroxylation is 1. The Morgan fingerprint density at radius 3 is 2.42 bits per heavy atom. The van der Waals surface area contributed by atoms with Crippen molar-refractivity contribution >= 4 is 75.7 Å². The van der Waals surface area contributed by atoms with Gasteiger partial charge in [0.1, 0.15) is 35.1 Å². The summed E-state index contributed by atoms with van der Waals surface area (Å²) in [5.41, 5.74) is 7.93. The van der Waals surface area contributed by atoms with Crippen molar-refractivity contribution < 1.29 is 38.2 Å². The Balaban J connectivity index is 0.837. The molecule has 3 saturated heterocycles. The first-order valence-corrected chi connectivity index (χ1v) is 26.6. The number of rotatable bonds is 16. The molecule has 5 heterocycles. The molecule has 3 atom stereocenters. The van der Waals surface area contributed by atoms with Crippen LogP contribution in [0.2, 0.25) is 5.02 Å². The van der Waals surface area contributed by atoms with Crippen molar-refractivity contribution in [3.05, 3.63) is 70.6 Å². The number of β-amino-alcohol motifs (C(OH)–C–C–N with tert-alkyl or cyclic N) is 1. The number of carbonyl (C=O) groups is 5. The number of nitrogens with one attached hydrogen (secondary N) is 3. The molecule has 3 aliphatic heterocycles. The summed E-state index contributed by atoms with van der Waals surface area (Å²) in [4.78, 5) is 87.6. The topological polar surface area (TPSA) is 225 Å². The highest BCUT2D eigenvalue weighted by atomic mass is 35.5. The molecule has 1 saturated carbocycles. The van der Waals surface area contributed by atoms with Crippen LogP contribution in [0.4, 0.5) is 15.9 Å². The third kappa shape index (κ3) is 12.8. The molecule has 2 aromatic heterocycles. The zero-order valence-corrected chi connectivity index (χ0v) is 43.7. The minimum absolute atomic E-state index is 0.00201. The number of amides is 5. The number of aliphatic hydroxyl groups is 1. The maximum absolute atomic E-state index is 14.7. The van der Waals surface area contributed by atoms with Gasteiger partial charge in [-0.15, -0.1) is 11.3 Å². The van der Waals surface area contributed by atoms with E-state index in [0.29, 0.717) is 64.5 Å². The number of nitrogens with zero attached hydrogens (tertiary/aromatic N) is 6. The molecule has 4 aliphatic rings. The predicted molar refractivity (Wildman–Crippen MR) is 274 cm³/mol. The Hall–Kier alpha value is -5.41. The van der Waals surface area contributed by atoms with Crippen molar-refractivity contribution in [3.63, 3.8) is 0 Å². The van der Waals surface area contributed by atoms with E-state index in [-0.39, 0.29) is 56.1 Å². The number of aliphatic hydroxyl groups excluding tert-OH is 1. The van der Waals surface area contributed by atoms with Gasteiger partial charge in [-0.05, 0) is 87.5 Å². The monoisotopic (exact) mass is 1050 g/mol. The molecule has 0 radical (unpaired) electrons. The van der Waals surface area contributed by atoms with Gasteiger partial charge < -0.3 is 46.2 Å². The van der Waals surface area contributed by atoms with E-state index < -0.39 is 52.9 Å². The van der Waals surface area contributed by atoms with Crippen LogP contribution in [0.5, 0.6) is 5.75 Å². The Kier molecular flexibility index (Phi) is 16.1. The number of likely N-dealkylation sites (tertiary alicyclic amines) is 2. The number of anilines is 2. The van der Waals surface area contributed by atoms with E-state index in [1.165, 1.54) is 28.0 Å². The lowest BCUT2D eigenvalue weighted by atomic mass is 9.85. The molecular weight excluding hydrogens is 983 g/mol. The van der Waals surface area contributed by atoms with E-state index in [9.17, 15) is 33.5 Å². The van der Waals surface area contributed by atoms with Gasteiger partial charge in [0.25, 0.3) is 5.91 Å². The highest BCUT2D eigenvalue weighted by molar-refractivity contribution is 7.99. The average Bonchev–Trinajstić information content (AvgIpc) is 3.75. The number of thiazole rings is 1. The standard InChI is InChI=1S/C51H64ClFN10O7S2/c1-30-44(71-29-58-30)32-9-10-33(24-57-46(67)36-22-34(64)27-63(36)47(68)45(49(2,3)4)60-48(69)51(53)13-14-51)37(21-32)70-28-31-11-17-62(18-12-31)42(66)23-40(65)59-35-7-6-8-38(43(35)52)72-41-26-55-39(25-56-41)61-19-15-50(5,54)16-20-61/h6-10,21,25-26,29,31,34,36,45,64H,11-20,22-24,27-28,54H2,1-5H3,(H,57,67)(H,59,65)(H,60,69)/t34?,36?,45-/m1/s1. The summed E-state index contributed by atoms with van der Waals surface area (Å²) in [6.45, 7) is 12.0. The lowest BCUT2D eigenvalue weighted by molar-refractivity contribution is -0.145. The number of alkyl halides is 1. The van der Waals surface area contributed by atoms with Crippen molar-refractivity contribution in [2.24, 2.45) is 17.1 Å². The number of nitrogens with two attached hydrogens (primary N) is 1. The normalized spacial score (nSPS) is 20.2. The van der Waals surface area contributed by atoms with Gasteiger partial charge in [-0.1, -0.05) is 62.3 Å². The summed E-state index contributed by atoms with van der Waals surface area (Å²) >= 11 is 9.59. The molecule has 2 aromatic carbocycles. The quantitative estimate of drug-likeness (QED) is 0.0780. The first-order valence-electron chi connectivity index (χ1n) is 24.5. The fourth-order valence-corrected chi connectivity index (χ4v) is 11.0. The molecule has 4 aromatic rings. The number of carbonyl (C=O) groups excluding carboxylic acids is 5. The van der Waals surface area contributed by atoms with Crippen molar-refractivity contribution in [3.8, 4) is 16.2 Å². The number of aromatic nitrogens is 3. The van der Waals surface area contributed by atoms with Gasteiger partial charge in [0.2, 0.25) is 23.6 Å². The largest absolute Gasteiger partial charge is 0.493 e. The minimum Gasteiger partial charge on any atom is -0.493 e. The second-order valence-corrected chi connectivity index (χ2v) is 23.2. The zero-order chi connectivity index (χ0) is 51.5. The van der Waals surface area contributed by atoms with Crippen molar-refractivity contribution in [2.75, 3.05) is 49.5 Å². The van der Waals surface area contributed by atoms with Gasteiger partial charge >= 0.3 is 0 Å². The molecule has 8 rings (SSSR count). The Labute approximate surface area is 432 Å². The maximum atomic E-state index is 14.7. The fourth-order valence-electron chi connectivity index (χ4n) is 9.14. The number of halogens is 2. The summed E-state index contributed by atoms with van der Waals surface area (Å²) in [5, 5.41) is 20.0. The second-order valence-electron chi connectivity index (χ2n) is 20.9. The van der Waals surface area contributed by atoms with E-state index in [4.69, 9.17) is 22.1 Å². The van der Waals surface area contributed by atoms with Crippen LogP contribution in [0.1, 0.15) is 90.3 Å². The summed E-state index contributed by atoms with van der Waals surface area (Å²) < 4.78 is 21.2. The third-order valence-electron chi connectivity index (χ3n) is 13.9. The Morgan fingerprint density at radius 1 is 1.03 bits per heavy atom. The summed E-state index contributed by atoms with van der Waals surface area (Å²) in [5.74, 6) is -1.23. The molecule has 4 fully saturated rings. The first-order chi connectivity index (χ1) is 34.2. The van der Waals surface area contributed by atoms with E-state index in [1.807, 2.05) is 31.2 Å². The van der Waals surface area contributed by atoms with E-state index in [1.54, 1.807) is 55.7 Å². The fraction of sp³-hybridized carbons (Fsp3) is 0.529. The van der Waals surface area contributed by atoms with Crippen LogP contribution in [-0.2, 0) is 30.5 Å². The number of hydrogen-bond acceptors (Lipinski definition) is 14. The van der Waals surface area contributed by atoms with E-state index >= 15 is 0 Å². The van der Waals surface area contributed by atoms with Gasteiger partial charge in [0.15, 0.2) is 5.67 Å². The number of ether oxygens (including phenoxy) is 1. The van der Waals surface area contributed by atoms with Gasteiger partial charge in [-0.2, -0.15) is 0 Å².